The molecule has 0 fully saturated rings. The lowest BCUT2D eigenvalue weighted by Gasteiger charge is -2.11. The van der Waals surface area contributed by atoms with Crippen LogP contribution < -0.4 is 18.9 Å². The van der Waals surface area contributed by atoms with Crippen molar-refractivity contribution < 1.29 is 47.6 Å². The van der Waals surface area contributed by atoms with Gasteiger partial charge in [0, 0.05) is 39.5 Å². The van der Waals surface area contributed by atoms with Gasteiger partial charge < -0.3 is 28.4 Å². The standard InChI is InChI=1S/C50H44O10/c1-31(2)47(51)57-29-55-43-24-21-40(22-25-43)36(10)35(9)39-16-11-37(12-17-39)13-18-41-19-14-38(27-45(41)59-49(53)33(5)6)15-20-42-23-26-44(56-30-58-48(52)32(3)4)28-46(42)60-50(54)34(7)8/h11-12,14,16-17,19,21-28H,1,3,5,7,29-30H2,2,4,6,8-10H3/b36-35+. The lowest BCUT2D eigenvalue weighted by atomic mass is 9.96. The number of hydrogen-bond acceptors (Lipinski definition) is 10. The summed E-state index contributed by atoms with van der Waals surface area (Å²) in [5.41, 5.74) is 7.02. The molecule has 0 bridgehead atoms. The average Bonchev–Trinajstić information content (AvgIpc) is 3.22. The molecule has 0 amide bonds. The predicted octanol–water partition coefficient (Wildman–Crippen LogP) is 9.31. The fraction of sp³-hybridized carbons (Fsp3) is 0.160. The molecule has 4 rings (SSSR count). The summed E-state index contributed by atoms with van der Waals surface area (Å²) in [7, 11) is 0. The smallest absolute Gasteiger partial charge is 0.338 e. The van der Waals surface area contributed by atoms with Gasteiger partial charge in [-0.1, -0.05) is 74.3 Å². The van der Waals surface area contributed by atoms with Crippen LogP contribution >= 0.6 is 0 Å². The molecule has 0 unspecified atom stereocenters. The summed E-state index contributed by atoms with van der Waals surface area (Å²) in [6.45, 7) is 24.0. The molecule has 4 aromatic rings. The van der Waals surface area contributed by atoms with Gasteiger partial charge in [-0.2, -0.15) is 0 Å². The van der Waals surface area contributed by atoms with E-state index >= 15 is 0 Å². The molecule has 0 heterocycles. The zero-order chi connectivity index (χ0) is 43.9. The van der Waals surface area contributed by atoms with Crippen molar-refractivity contribution in [3.05, 3.63) is 167 Å². The van der Waals surface area contributed by atoms with Gasteiger partial charge in [0.05, 0.1) is 11.1 Å². The Morgan fingerprint density at radius 1 is 0.450 bits per heavy atom. The van der Waals surface area contributed by atoms with Gasteiger partial charge >= 0.3 is 23.9 Å². The largest absolute Gasteiger partial charge is 0.457 e. The van der Waals surface area contributed by atoms with Crippen LogP contribution in [0.3, 0.4) is 0 Å². The zero-order valence-electron chi connectivity index (χ0n) is 34.4. The van der Waals surface area contributed by atoms with Crippen LogP contribution in [0.15, 0.2) is 134 Å². The molecular weight excluding hydrogens is 761 g/mol. The quantitative estimate of drug-likeness (QED) is 0.0304. The first-order chi connectivity index (χ1) is 28.5. The van der Waals surface area contributed by atoms with Crippen molar-refractivity contribution in [2.24, 2.45) is 0 Å². The lowest BCUT2D eigenvalue weighted by molar-refractivity contribution is -0.146. The molecule has 0 aromatic heterocycles. The molecule has 10 nitrogen and oxygen atoms in total. The molecular formula is C50H44O10. The minimum atomic E-state index is -0.673. The molecule has 0 spiro atoms. The van der Waals surface area contributed by atoms with E-state index in [0.717, 1.165) is 27.8 Å². The topological polar surface area (TPSA) is 124 Å². The third kappa shape index (κ3) is 13.1. The van der Waals surface area contributed by atoms with Crippen molar-refractivity contribution in [1.29, 1.82) is 0 Å². The molecule has 10 heteroatoms. The number of benzene rings is 4. The van der Waals surface area contributed by atoms with E-state index in [0.29, 0.717) is 28.0 Å². The highest BCUT2D eigenvalue weighted by molar-refractivity contribution is 5.91. The van der Waals surface area contributed by atoms with Crippen molar-refractivity contribution >= 4 is 35.0 Å². The SMILES string of the molecule is C=C(C)C(=O)OCOc1ccc(/C(C)=C(\C)c2ccc(C#Cc3ccc(C#Cc4ccc(OCOC(=O)C(=C)C)cc4OC(=O)C(=C)C)cc3OC(=O)C(=C)C)cc2)cc1. The Bertz CT molecular complexity index is 2530. The summed E-state index contributed by atoms with van der Waals surface area (Å²) in [5.74, 6) is 10.9. The second-order valence-corrected chi connectivity index (χ2v) is 13.5. The maximum Gasteiger partial charge on any atom is 0.338 e. The monoisotopic (exact) mass is 804 g/mol. The summed E-state index contributed by atoms with van der Waals surface area (Å²) in [4.78, 5) is 48.4. The number of rotatable bonds is 14. The molecule has 0 N–H and O–H groups in total. The highest BCUT2D eigenvalue weighted by atomic mass is 16.7. The second kappa shape index (κ2) is 21.1. The Morgan fingerprint density at radius 2 is 0.833 bits per heavy atom. The molecule has 0 aliphatic heterocycles. The Hall–Kier alpha value is -7.82. The number of ether oxygens (including phenoxy) is 6. The van der Waals surface area contributed by atoms with E-state index in [1.165, 1.54) is 19.9 Å². The minimum Gasteiger partial charge on any atom is -0.457 e. The molecule has 0 radical (unpaired) electrons. The van der Waals surface area contributed by atoms with E-state index in [2.05, 4.69) is 50.0 Å². The van der Waals surface area contributed by atoms with Gasteiger partial charge in [-0.25, -0.2) is 19.2 Å². The number of carbonyl (C=O) groups is 4. The molecule has 4 aromatic carbocycles. The van der Waals surface area contributed by atoms with Crippen LogP contribution in [0.1, 0.15) is 74.9 Å². The molecule has 60 heavy (non-hydrogen) atoms. The van der Waals surface area contributed by atoms with Crippen molar-refractivity contribution in [2.45, 2.75) is 41.5 Å². The Balaban J connectivity index is 1.55. The van der Waals surface area contributed by atoms with Crippen molar-refractivity contribution in [3.63, 3.8) is 0 Å². The van der Waals surface area contributed by atoms with Crippen molar-refractivity contribution in [1.82, 2.24) is 0 Å². The molecule has 0 aliphatic carbocycles. The number of carbonyl (C=O) groups excluding carboxylic acids is 4. The van der Waals surface area contributed by atoms with Crippen LogP contribution in [0.4, 0.5) is 0 Å². The van der Waals surface area contributed by atoms with Crippen LogP contribution in [0.2, 0.25) is 0 Å². The van der Waals surface area contributed by atoms with Crippen molar-refractivity contribution in [2.75, 3.05) is 13.6 Å². The molecule has 304 valence electrons. The average molecular weight is 805 g/mol. The molecule has 0 atom stereocenters. The van der Waals surface area contributed by atoms with Gasteiger partial charge in [0.1, 0.15) is 17.2 Å². The molecule has 0 aliphatic rings. The maximum absolute atomic E-state index is 12.6. The zero-order valence-corrected chi connectivity index (χ0v) is 34.4. The van der Waals surface area contributed by atoms with Crippen LogP contribution in [0, 0.1) is 23.7 Å². The molecule has 0 saturated carbocycles. The Labute approximate surface area is 350 Å². The maximum atomic E-state index is 12.6. The lowest BCUT2D eigenvalue weighted by Crippen LogP contribution is -2.11. The predicted molar refractivity (Wildman–Crippen MR) is 230 cm³/mol. The fourth-order valence-corrected chi connectivity index (χ4v) is 4.81. The van der Waals surface area contributed by atoms with E-state index in [-0.39, 0.29) is 47.6 Å². The summed E-state index contributed by atoms with van der Waals surface area (Å²) >= 11 is 0. The van der Waals surface area contributed by atoms with E-state index < -0.39 is 23.9 Å². The summed E-state index contributed by atoms with van der Waals surface area (Å²) < 4.78 is 32.2. The van der Waals surface area contributed by atoms with Gasteiger partial charge in [0.2, 0.25) is 13.6 Å². The number of hydrogen-bond donors (Lipinski definition) is 0. The Morgan fingerprint density at radius 3 is 1.32 bits per heavy atom. The summed E-state index contributed by atoms with van der Waals surface area (Å²) in [6, 6.07) is 24.9. The van der Waals surface area contributed by atoms with Gasteiger partial charge in [0.15, 0.2) is 5.75 Å². The highest BCUT2D eigenvalue weighted by Crippen LogP contribution is 2.29. The van der Waals surface area contributed by atoms with Gasteiger partial charge in [-0.15, -0.1) is 0 Å². The number of allylic oxidation sites excluding steroid dienone is 2. The van der Waals surface area contributed by atoms with Crippen LogP contribution in [-0.2, 0) is 28.7 Å². The first kappa shape index (κ1) is 44.9. The van der Waals surface area contributed by atoms with Gasteiger partial charge in [-0.05, 0) is 118 Å². The van der Waals surface area contributed by atoms with Gasteiger partial charge in [-0.3, -0.25) is 0 Å². The first-order valence-electron chi connectivity index (χ1n) is 18.4. The molecule has 0 saturated heterocycles. The fourth-order valence-electron chi connectivity index (χ4n) is 4.81. The Kier molecular flexibility index (Phi) is 15.8. The van der Waals surface area contributed by atoms with E-state index in [1.54, 1.807) is 44.2 Å². The first-order valence-corrected chi connectivity index (χ1v) is 18.4. The van der Waals surface area contributed by atoms with Crippen LogP contribution in [0.5, 0.6) is 23.0 Å². The summed E-state index contributed by atoms with van der Waals surface area (Å²) in [6.07, 6.45) is 0. The van der Waals surface area contributed by atoms with Crippen molar-refractivity contribution in [3.8, 4) is 46.7 Å². The minimum absolute atomic E-state index is 0.0868. The normalized spacial score (nSPS) is 10.5. The van der Waals surface area contributed by atoms with E-state index in [4.69, 9.17) is 28.4 Å². The van der Waals surface area contributed by atoms with Crippen LogP contribution in [0.25, 0.3) is 11.1 Å². The highest BCUT2D eigenvalue weighted by Gasteiger charge is 2.14. The third-order valence-corrected chi connectivity index (χ3v) is 8.42. The van der Waals surface area contributed by atoms with E-state index in [1.807, 2.05) is 62.4 Å². The number of esters is 4. The van der Waals surface area contributed by atoms with Crippen LogP contribution in [-0.4, -0.2) is 37.5 Å². The van der Waals surface area contributed by atoms with Gasteiger partial charge in [0.25, 0.3) is 0 Å². The summed E-state index contributed by atoms with van der Waals surface area (Å²) in [5, 5.41) is 0. The van der Waals surface area contributed by atoms with E-state index in [9.17, 15) is 19.2 Å². The third-order valence-electron chi connectivity index (χ3n) is 8.42. The second-order valence-electron chi connectivity index (χ2n) is 13.5.